The molecule has 3 N–H and O–H groups in total. The van der Waals surface area contributed by atoms with Crippen LogP contribution >= 0.6 is 0 Å². The fraction of sp³-hybridized carbons (Fsp3) is 0.636. The van der Waals surface area contributed by atoms with Gasteiger partial charge in [0.2, 0.25) is 0 Å². The van der Waals surface area contributed by atoms with Crippen molar-refractivity contribution in [1.82, 2.24) is 15.1 Å². The number of carbonyl (C=O) groups excluding carboxylic acids is 1. The third kappa shape index (κ3) is 1.77. The number of aryl methyl sites for hydroxylation is 2. The van der Waals surface area contributed by atoms with Crippen LogP contribution in [0.1, 0.15) is 35.9 Å². The summed E-state index contributed by atoms with van der Waals surface area (Å²) in [5.41, 5.74) is 7.48. The van der Waals surface area contributed by atoms with Crippen molar-refractivity contribution in [3.8, 4) is 0 Å². The molecular formula is C11H18N4O. The summed E-state index contributed by atoms with van der Waals surface area (Å²) in [4.78, 5) is 12.0. The summed E-state index contributed by atoms with van der Waals surface area (Å²) >= 11 is 0. The van der Waals surface area contributed by atoms with Crippen LogP contribution in [0.15, 0.2) is 0 Å². The number of amides is 1. The van der Waals surface area contributed by atoms with Crippen LogP contribution in [0.25, 0.3) is 0 Å². The van der Waals surface area contributed by atoms with Gasteiger partial charge in [-0.05, 0) is 19.3 Å². The molecule has 0 bridgehead atoms. The number of nitrogens with zero attached hydrogens (tertiary/aromatic N) is 2. The van der Waals surface area contributed by atoms with Gasteiger partial charge in [0, 0.05) is 13.1 Å². The molecule has 1 aromatic heterocycles. The van der Waals surface area contributed by atoms with E-state index in [0.29, 0.717) is 29.0 Å². The highest BCUT2D eigenvalue weighted by Crippen LogP contribution is 2.33. The summed E-state index contributed by atoms with van der Waals surface area (Å²) < 4.78 is 1.54. The maximum absolute atomic E-state index is 12.0. The van der Waals surface area contributed by atoms with Gasteiger partial charge in [-0.2, -0.15) is 5.10 Å². The predicted molar refractivity (Wildman–Crippen MR) is 62.0 cm³/mol. The number of nitrogens with one attached hydrogen (secondary N) is 1. The molecule has 16 heavy (non-hydrogen) atoms. The van der Waals surface area contributed by atoms with Crippen molar-refractivity contribution < 1.29 is 4.79 Å². The van der Waals surface area contributed by atoms with Crippen molar-refractivity contribution in [2.75, 3.05) is 5.73 Å². The standard InChI is InChI=1S/C11H18N4O/c1-4-7-5-8(7)13-11(16)10-9(12)6(2)14-15(10)3/h7-8H,4-5,12H2,1-3H3,(H,13,16). The zero-order chi connectivity index (χ0) is 11.9. The molecule has 1 amide bonds. The zero-order valence-corrected chi connectivity index (χ0v) is 9.95. The van der Waals surface area contributed by atoms with Crippen LogP contribution in [-0.4, -0.2) is 21.7 Å². The number of nitrogens with two attached hydrogens (primary N) is 1. The molecule has 1 fully saturated rings. The van der Waals surface area contributed by atoms with E-state index in [4.69, 9.17) is 5.73 Å². The number of anilines is 1. The van der Waals surface area contributed by atoms with Crippen molar-refractivity contribution in [2.45, 2.75) is 32.7 Å². The minimum Gasteiger partial charge on any atom is -0.395 e. The van der Waals surface area contributed by atoms with Crippen molar-refractivity contribution in [2.24, 2.45) is 13.0 Å². The van der Waals surface area contributed by atoms with Crippen LogP contribution in [0.5, 0.6) is 0 Å². The fourth-order valence-corrected chi connectivity index (χ4v) is 2.06. The van der Waals surface area contributed by atoms with Gasteiger partial charge in [-0.25, -0.2) is 0 Å². The normalized spacial score (nSPS) is 23.2. The fourth-order valence-electron chi connectivity index (χ4n) is 2.06. The first-order valence-electron chi connectivity index (χ1n) is 5.64. The molecule has 0 aromatic carbocycles. The summed E-state index contributed by atoms with van der Waals surface area (Å²) in [5, 5.41) is 7.12. The Balaban J connectivity index is 2.09. The van der Waals surface area contributed by atoms with Crippen LogP contribution < -0.4 is 11.1 Å². The average Bonchev–Trinajstić information content (AvgIpc) is 2.90. The Hall–Kier alpha value is -1.52. The number of aromatic nitrogens is 2. The molecule has 1 saturated carbocycles. The van der Waals surface area contributed by atoms with Crippen LogP contribution in [-0.2, 0) is 7.05 Å². The summed E-state index contributed by atoms with van der Waals surface area (Å²) in [7, 11) is 1.74. The van der Waals surface area contributed by atoms with Gasteiger partial charge < -0.3 is 11.1 Å². The van der Waals surface area contributed by atoms with Gasteiger partial charge >= 0.3 is 0 Å². The number of hydrogen-bond donors (Lipinski definition) is 2. The van der Waals surface area contributed by atoms with Crippen LogP contribution in [0.2, 0.25) is 0 Å². The molecule has 0 aliphatic heterocycles. The highest BCUT2D eigenvalue weighted by Gasteiger charge is 2.37. The molecule has 1 heterocycles. The summed E-state index contributed by atoms with van der Waals surface area (Å²) in [6.45, 7) is 3.94. The SMILES string of the molecule is CCC1CC1NC(=O)c1c(N)c(C)nn1C. The van der Waals surface area contributed by atoms with Gasteiger partial charge in [0.15, 0.2) is 0 Å². The first kappa shape index (κ1) is 11.0. The summed E-state index contributed by atoms with van der Waals surface area (Å²) in [6, 6.07) is 0.326. The lowest BCUT2D eigenvalue weighted by atomic mass is 10.3. The van der Waals surface area contributed by atoms with E-state index >= 15 is 0 Å². The molecule has 0 spiro atoms. The molecule has 88 valence electrons. The molecule has 1 aliphatic carbocycles. The van der Waals surface area contributed by atoms with Gasteiger partial charge in [0.05, 0.1) is 11.4 Å². The molecule has 2 atom stereocenters. The molecule has 1 aliphatic rings. The van der Waals surface area contributed by atoms with E-state index in [1.807, 2.05) is 0 Å². The van der Waals surface area contributed by atoms with E-state index in [-0.39, 0.29) is 5.91 Å². The second-order valence-electron chi connectivity index (χ2n) is 4.46. The second kappa shape index (κ2) is 3.81. The zero-order valence-electron chi connectivity index (χ0n) is 9.95. The highest BCUT2D eigenvalue weighted by atomic mass is 16.2. The van der Waals surface area contributed by atoms with Gasteiger partial charge in [0.1, 0.15) is 5.69 Å². The van der Waals surface area contributed by atoms with Gasteiger partial charge in [-0.15, -0.1) is 0 Å². The smallest absolute Gasteiger partial charge is 0.271 e. The maximum Gasteiger partial charge on any atom is 0.271 e. The average molecular weight is 222 g/mol. The third-order valence-electron chi connectivity index (χ3n) is 3.25. The molecular weight excluding hydrogens is 204 g/mol. The van der Waals surface area contributed by atoms with E-state index in [0.717, 1.165) is 12.8 Å². The first-order chi connectivity index (χ1) is 7.54. The first-order valence-corrected chi connectivity index (χ1v) is 5.64. The number of hydrogen-bond acceptors (Lipinski definition) is 3. The van der Waals surface area contributed by atoms with E-state index in [1.165, 1.54) is 0 Å². The van der Waals surface area contributed by atoms with Crippen molar-refractivity contribution in [3.63, 3.8) is 0 Å². The van der Waals surface area contributed by atoms with E-state index < -0.39 is 0 Å². The lowest BCUT2D eigenvalue weighted by molar-refractivity contribution is 0.0940. The molecule has 1 aromatic rings. The topological polar surface area (TPSA) is 72.9 Å². The van der Waals surface area contributed by atoms with Gasteiger partial charge in [-0.3, -0.25) is 9.48 Å². The minimum atomic E-state index is -0.110. The van der Waals surface area contributed by atoms with E-state index in [2.05, 4.69) is 17.3 Å². The van der Waals surface area contributed by atoms with Crippen molar-refractivity contribution >= 4 is 11.6 Å². The quantitative estimate of drug-likeness (QED) is 0.796. The Morgan fingerprint density at radius 3 is 2.81 bits per heavy atom. The lowest BCUT2D eigenvalue weighted by Gasteiger charge is -2.05. The molecule has 0 radical (unpaired) electrons. The Morgan fingerprint density at radius 2 is 2.38 bits per heavy atom. The Morgan fingerprint density at radius 1 is 1.69 bits per heavy atom. The summed E-state index contributed by atoms with van der Waals surface area (Å²) in [5.74, 6) is 0.529. The second-order valence-corrected chi connectivity index (χ2v) is 4.46. The number of nitrogen functional groups attached to an aromatic ring is 1. The monoisotopic (exact) mass is 222 g/mol. The molecule has 5 heteroatoms. The van der Waals surface area contributed by atoms with Gasteiger partial charge in [0.25, 0.3) is 5.91 Å². The molecule has 5 nitrogen and oxygen atoms in total. The Kier molecular flexibility index (Phi) is 2.61. The van der Waals surface area contributed by atoms with Crippen molar-refractivity contribution in [3.05, 3.63) is 11.4 Å². The van der Waals surface area contributed by atoms with Crippen LogP contribution in [0.4, 0.5) is 5.69 Å². The highest BCUT2D eigenvalue weighted by molar-refractivity contribution is 5.98. The maximum atomic E-state index is 12.0. The van der Waals surface area contributed by atoms with Crippen molar-refractivity contribution in [1.29, 1.82) is 0 Å². The lowest BCUT2D eigenvalue weighted by Crippen LogP contribution is -2.29. The summed E-state index contributed by atoms with van der Waals surface area (Å²) in [6.07, 6.45) is 2.20. The van der Waals surface area contributed by atoms with E-state index in [9.17, 15) is 4.79 Å². The van der Waals surface area contributed by atoms with E-state index in [1.54, 1.807) is 18.7 Å². The molecule has 2 unspecified atom stereocenters. The molecule has 2 rings (SSSR count). The number of rotatable bonds is 3. The van der Waals surface area contributed by atoms with Crippen LogP contribution in [0.3, 0.4) is 0 Å². The largest absolute Gasteiger partial charge is 0.395 e. The molecule has 0 saturated heterocycles. The third-order valence-corrected chi connectivity index (χ3v) is 3.25. The van der Waals surface area contributed by atoms with Gasteiger partial charge in [-0.1, -0.05) is 13.3 Å². The Bertz CT molecular complexity index is 424. The predicted octanol–water partition coefficient (Wildman–Crippen LogP) is 0.839. The minimum absolute atomic E-state index is 0.110. The number of carbonyl (C=O) groups is 1. The Labute approximate surface area is 95.0 Å². The van der Waals surface area contributed by atoms with Crippen LogP contribution in [0, 0.1) is 12.8 Å².